The van der Waals surface area contributed by atoms with Crippen molar-refractivity contribution in [1.82, 2.24) is 0 Å². The molecule has 0 aliphatic carbocycles. The fourth-order valence-corrected chi connectivity index (χ4v) is 2.82. The predicted molar refractivity (Wildman–Crippen MR) is 94.0 cm³/mol. The number of esters is 1. The summed E-state index contributed by atoms with van der Waals surface area (Å²) >= 11 is 3.41. The average molecular weight is 373 g/mol. The summed E-state index contributed by atoms with van der Waals surface area (Å²) in [5.74, 6) is 0.266. The van der Waals surface area contributed by atoms with Crippen LogP contribution >= 0.6 is 15.9 Å². The summed E-state index contributed by atoms with van der Waals surface area (Å²) < 4.78 is 12.1. The molecule has 0 bridgehead atoms. The van der Waals surface area contributed by atoms with Crippen molar-refractivity contribution in [3.8, 4) is 5.75 Å². The number of para-hydroxylation sites is 1. The summed E-state index contributed by atoms with van der Waals surface area (Å²) in [6.45, 7) is 6.25. The lowest BCUT2D eigenvalue weighted by atomic mass is 9.86. The highest BCUT2D eigenvalue weighted by atomic mass is 79.9. The van der Waals surface area contributed by atoms with Crippen LogP contribution in [-0.2, 0) is 5.41 Å². The zero-order valence-electron chi connectivity index (χ0n) is 13.2. The van der Waals surface area contributed by atoms with Gasteiger partial charge in [-0.15, -0.1) is 0 Å². The highest BCUT2D eigenvalue weighted by Gasteiger charge is 2.22. The first-order chi connectivity index (χ1) is 10.8. The number of halogens is 1. The smallest absolute Gasteiger partial charge is 0.379 e. The van der Waals surface area contributed by atoms with Gasteiger partial charge >= 0.3 is 5.97 Å². The van der Waals surface area contributed by atoms with Crippen LogP contribution < -0.4 is 4.74 Å². The van der Waals surface area contributed by atoms with Crippen molar-refractivity contribution in [1.29, 1.82) is 0 Å². The summed E-state index contributed by atoms with van der Waals surface area (Å²) in [4.78, 5) is 12.4. The molecule has 118 valence electrons. The highest BCUT2D eigenvalue weighted by molar-refractivity contribution is 9.10. The maximum Gasteiger partial charge on any atom is 0.379 e. The number of hydrogen-bond acceptors (Lipinski definition) is 3. The van der Waals surface area contributed by atoms with Crippen molar-refractivity contribution in [2.24, 2.45) is 0 Å². The van der Waals surface area contributed by atoms with Crippen LogP contribution in [-0.4, -0.2) is 5.97 Å². The van der Waals surface area contributed by atoms with Crippen molar-refractivity contribution in [3.05, 3.63) is 64.3 Å². The van der Waals surface area contributed by atoms with Gasteiger partial charge in [0.15, 0.2) is 0 Å². The van der Waals surface area contributed by atoms with E-state index in [2.05, 4.69) is 36.7 Å². The monoisotopic (exact) mass is 372 g/mol. The summed E-state index contributed by atoms with van der Waals surface area (Å²) in [5.41, 5.74) is 1.52. The van der Waals surface area contributed by atoms with Crippen LogP contribution in [0.15, 0.2) is 57.4 Å². The molecule has 0 aliphatic heterocycles. The largest absolute Gasteiger partial charge is 0.449 e. The van der Waals surface area contributed by atoms with E-state index in [0.717, 1.165) is 15.4 Å². The molecule has 0 amide bonds. The Kier molecular flexibility index (Phi) is 4.02. The molecule has 0 N–H and O–H groups in total. The van der Waals surface area contributed by atoms with Gasteiger partial charge in [-0.05, 0) is 35.7 Å². The van der Waals surface area contributed by atoms with E-state index in [9.17, 15) is 4.79 Å². The van der Waals surface area contributed by atoms with Crippen LogP contribution in [0, 0.1) is 0 Å². The molecule has 0 atom stereocenters. The van der Waals surface area contributed by atoms with E-state index in [4.69, 9.17) is 9.15 Å². The molecule has 1 heterocycles. The molecule has 0 unspecified atom stereocenters. The second-order valence-electron chi connectivity index (χ2n) is 6.43. The van der Waals surface area contributed by atoms with Crippen LogP contribution in [0.4, 0.5) is 0 Å². The van der Waals surface area contributed by atoms with Gasteiger partial charge in [0.25, 0.3) is 0 Å². The SMILES string of the molecule is CC(C)(C)c1ccccc1OC(=O)c1cc2cc(Br)ccc2o1. The fourth-order valence-electron chi connectivity index (χ4n) is 2.44. The molecule has 0 saturated heterocycles. The molecule has 3 rings (SSSR count). The minimum Gasteiger partial charge on any atom is -0.449 e. The molecule has 0 radical (unpaired) electrons. The van der Waals surface area contributed by atoms with Gasteiger partial charge in [-0.25, -0.2) is 4.79 Å². The van der Waals surface area contributed by atoms with E-state index < -0.39 is 5.97 Å². The molecule has 3 nitrogen and oxygen atoms in total. The Balaban J connectivity index is 1.92. The maximum atomic E-state index is 12.4. The first kappa shape index (κ1) is 15.8. The summed E-state index contributed by atoms with van der Waals surface area (Å²) in [5, 5.41) is 0.857. The van der Waals surface area contributed by atoms with E-state index in [0.29, 0.717) is 11.3 Å². The standard InChI is InChI=1S/C19H17BrO3/c1-19(2,3)14-6-4-5-7-16(14)23-18(21)17-11-12-10-13(20)8-9-15(12)22-17/h4-11H,1-3H3. The van der Waals surface area contributed by atoms with Crippen molar-refractivity contribution < 1.29 is 13.9 Å². The summed E-state index contributed by atoms with van der Waals surface area (Å²) in [6, 6.07) is 14.9. The van der Waals surface area contributed by atoms with Crippen LogP contribution in [0.3, 0.4) is 0 Å². The van der Waals surface area contributed by atoms with Gasteiger partial charge in [0.05, 0.1) is 0 Å². The Morgan fingerprint density at radius 1 is 1.09 bits per heavy atom. The van der Waals surface area contributed by atoms with Gasteiger partial charge in [0.2, 0.25) is 5.76 Å². The zero-order chi connectivity index (χ0) is 16.6. The Morgan fingerprint density at radius 2 is 1.83 bits per heavy atom. The molecule has 3 aromatic rings. The Hall–Kier alpha value is -2.07. The number of carbonyl (C=O) groups is 1. The van der Waals surface area contributed by atoms with Gasteiger partial charge < -0.3 is 9.15 Å². The molecule has 23 heavy (non-hydrogen) atoms. The van der Waals surface area contributed by atoms with Crippen molar-refractivity contribution in [2.45, 2.75) is 26.2 Å². The molecule has 4 heteroatoms. The number of benzene rings is 2. The Labute approximate surface area is 143 Å². The highest BCUT2D eigenvalue weighted by Crippen LogP contribution is 2.32. The molecule has 0 aliphatic rings. The topological polar surface area (TPSA) is 39.4 Å². The third kappa shape index (κ3) is 3.32. The minimum atomic E-state index is -0.492. The number of furan rings is 1. The third-order valence-electron chi connectivity index (χ3n) is 3.58. The lowest BCUT2D eigenvalue weighted by Crippen LogP contribution is -2.16. The van der Waals surface area contributed by atoms with Crippen molar-refractivity contribution in [3.63, 3.8) is 0 Å². The number of rotatable bonds is 2. The first-order valence-corrected chi connectivity index (χ1v) is 8.15. The van der Waals surface area contributed by atoms with E-state index in [1.54, 1.807) is 12.1 Å². The zero-order valence-corrected chi connectivity index (χ0v) is 14.8. The normalized spacial score (nSPS) is 11.7. The molecular formula is C19H17BrO3. The number of ether oxygens (including phenoxy) is 1. The van der Waals surface area contributed by atoms with E-state index in [-0.39, 0.29) is 11.2 Å². The van der Waals surface area contributed by atoms with Crippen LogP contribution in [0.5, 0.6) is 5.75 Å². The molecular weight excluding hydrogens is 356 g/mol. The van der Waals surface area contributed by atoms with Crippen molar-refractivity contribution in [2.75, 3.05) is 0 Å². The van der Waals surface area contributed by atoms with Gasteiger partial charge in [0, 0.05) is 15.4 Å². The van der Waals surface area contributed by atoms with E-state index in [1.807, 2.05) is 36.4 Å². The van der Waals surface area contributed by atoms with Gasteiger partial charge in [-0.1, -0.05) is 54.9 Å². The Morgan fingerprint density at radius 3 is 2.57 bits per heavy atom. The first-order valence-electron chi connectivity index (χ1n) is 7.35. The lowest BCUT2D eigenvalue weighted by molar-refractivity contribution is 0.0701. The quantitative estimate of drug-likeness (QED) is 0.427. The summed E-state index contributed by atoms with van der Waals surface area (Å²) in [7, 11) is 0. The van der Waals surface area contributed by atoms with Crippen LogP contribution in [0.2, 0.25) is 0 Å². The second-order valence-corrected chi connectivity index (χ2v) is 7.34. The molecule has 2 aromatic carbocycles. The second kappa shape index (κ2) is 5.85. The number of hydrogen-bond donors (Lipinski definition) is 0. The van der Waals surface area contributed by atoms with Gasteiger partial charge in [-0.3, -0.25) is 0 Å². The average Bonchev–Trinajstić information content (AvgIpc) is 2.89. The molecule has 1 aromatic heterocycles. The van der Waals surface area contributed by atoms with Crippen LogP contribution in [0.1, 0.15) is 36.9 Å². The Bertz CT molecular complexity index is 872. The maximum absolute atomic E-state index is 12.4. The predicted octanol–water partition coefficient (Wildman–Crippen LogP) is 5.71. The van der Waals surface area contributed by atoms with E-state index >= 15 is 0 Å². The lowest BCUT2D eigenvalue weighted by Gasteiger charge is -2.21. The van der Waals surface area contributed by atoms with Crippen molar-refractivity contribution >= 4 is 32.9 Å². The molecule has 0 fully saturated rings. The minimum absolute atomic E-state index is 0.115. The molecule has 0 saturated carbocycles. The van der Waals surface area contributed by atoms with Gasteiger partial charge in [0.1, 0.15) is 11.3 Å². The van der Waals surface area contributed by atoms with Gasteiger partial charge in [-0.2, -0.15) is 0 Å². The third-order valence-corrected chi connectivity index (χ3v) is 4.07. The fraction of sp³-hybridized carbons (Fsp3) is 0.211. The molecule has 0 spiro atoms. The summed E-state index contributed by atoms with van der Waals surface area (Å²) in [6.07, 6.45) is 0. The van der Waals surface area contributed by atoms with E-state index in [1.165, 1.54) is 0 Å². The number of fused-ring (bicyclic) bond motifs is 1. The van der Waals surface area contributed by atoms with Crippen LogP contribution in [0.25, 0.3) is 11.0 Å². The number of carbonyl (C=O) groups excluding carboxylic acids is 1.